The maximum absolute atomic E-state index is 2.41. The second-order valence-electron chi connectivity index (χ2n) is 2.59. The second-order valence-corrected chi connectivity index (χ2v) is 3.50. The van der Waals surface area contributed by atoms with E-state index in [1.165, 1.54) is 18.7 Å². The monoisotopic (exact) mass is 191 g/mol. The van der Waals surface area contributed by atoms with Crippen molar-refractivity contribution in [3.63, 3.8) is 0 Å². The number of hydrogen-bond acceptors (Lipinski definition) is 2. The molecular formula is C10H25NS. The molecule has 1 atom stereocenters. The molecule has 0 spiro atoms. The van der Waals surface area contributed by atoms with Crippen LogP contribution in [-0.4, -0.2) is 36.5 Å². The van der Waals surface area contributed by atoms with Crippen LogP contribution in [0.15, 0.2) is 0 Å². The van der Waals surface area contributed by atoms with Gasteiger partial charge in [0.25, 0.3) is 0 Å². The van der Waals surface area contributed by atoms with Crippen molar-refractivity contribution < 1.29 is 0 Å². The van der Waals surface area contributed by atoms with Crippen molar-refractivity contribution >= 4 is 11.8 Å². The lowest BCUT2D eigenvalue weighted by atomic mass is 10.2. The van der Waals surface area contributed by atoms with Gasteiger partial charge in [0.15, 0.2) is 0 Å². The van der Waals surface area contributed by atoms with Gasteiger partial charge in [-0.2, -0.15) is 11.8 Å². The summed E-state index contributed by atoms with van der Waals surface area (Å²) >= 11 is 1.94. The molecule has 0 bridgehead atoms. The summed E-state index contributed by atoms with van der Waals surface area (Å²) in [6.45, 7) is 9.63. The van der Waals surface area contributed by atoms with Crippen molar-refractivity contribution in [2.45, 2.75) is 40.2 Å². The molecule has 0 radical (unpaired) electrons. The summed E-state index contributed by atoms with van der Waals surface area (Å²) in [5.74, 6) is 1.26. The molecular weight excluding hydrogens is 166 g/mol. The first-order chi connectivity index (χ1) is 5.76. The zero-order valence-corrected chi connectivity index (χ0v) is 10.4. The Morgan fingerprint density at radius 3 is 2.00 bits per heavy atom. The van der Waals surface area contributed by atoms with Crippen LogP contribution in [0.3, 0.4) is 0 Å². The molecule has 0 N–H and O–H groups in total. The fourth-order valence-electron chi connectivity index (χ4n) is 1.01. The lowest BCUT2D eigenvalue weighted by Gasteiger charge is -2.24. The lowest BCUT2D eigenvalue weighted by molar-refractivity contribution is 0.269. The largest absolute Gasteiger partial charge is 0.303 e. The molecule has 0 aromatic heterocycles. The number of rotatable bonds is 5. The third kappa shape index (κ3) is 6.99. The van der Waals surface area contributed by atoms with Gasteiger partial charge in [-0.3, -0.25) is 0 Å². The van der Waals surface area contributed by atoms with Gasteiger partial charge in [0, 0.05) is 11.8 Å². The fraction of sp³-hybridized carbons (Fsp3) is 1.00. The van der Waals surface area contributed by atoms with Gasteiger partial charge >= 0.3 is 0 Å². The van der Waals surface area contributed by atoms with E-state index in [4.69, 9.17) is 0 Å². The minimum atomic E-state index is 0.778. The van der Waals surface area contributed by atoms with Crippen molar-refractivity contribution in [3.05, 3.63) is 0 Å². The Labute approximate surface area is 82.9 Å². The van der Waals surface area contributed by atoms with Crippen LogP contribution in [0.1, 0.15) is 34.1 Å². The molecule has 76 valence electrons. The minimum Gasteiger partial charge on any atom is -0.303 e. The van der Waals surface area contributed by atoms with E-state index in [2.05, 4.69) is 32.1 Å². The van der Waals surface area contributed by atoms with Gasteiger partial charge in [-0.05, 0) is 26.3 Å². The van der Waals surface area contributed by atoms with E-state index in [1.54, 1.807) is 0 Å². The van der Waals surface area contributed by atoms with Crippen LogP contribution in [0.5, 0.6) is 0 Å². The maximum atomic E-state index is 2.41. The smallest absolute Gasteiger partial charge is 0.0180 e. The highest BCUT2D eigenvalue weighted by Crippen LogP contribution is 2.06. The van der Waals surface area contributed by atoms with Crippen LogP contribution >= 0.6 is 11.8 Å². The summed E-state index contributed by atoms with van der Waals surface area (Å²) in [6.07, 6.45) is 3.44. The minimum absolute atomic E-state index is 0.778. The van der Waals surface area contributed by atoms with Crippen LogP contribution in [0.2, 0.25) is 0 Å². The predicted octanol–water partition coefficient (Wildman–Crippen LogP) is 3.11. The molecule has 1 nitrogen and oxygen atoms in total. The average molecular weight is 191 g/mol. The first kappa shape index (κ1) is 14.8. The van der Waals surface area contributed by atoms with Crippen LogP contribution in [0.25, 0.3) is 0 Å². The Bertz CT molecular complexity index is 76.2. The standard InChI is InChI=1S/C8H19NS.C2H6/c1-5-8(7-10-4)9(3)6-2;1-2/h8H,5-7H2,1-4H3;1-2H3. The third-order valence-electron chi connectivity index (χ3n) is 1.95. The molecule has 0 amide bonds. The lowest BCUT2D eigenvalue weighted by Crippen LogP contribution is -2.32. The van der Waals surface area contributed by atoms with E-state index < -0.39 is 0 Å². The van der Waals surface area contributed by atoms with E-state index in [0.717, 1.165) is 6.04 Å². The van der Waals surface area contributed by atoms with Crippen LogP contribution in [0, 0.1) is 0 Å². The molecule has 0 aromatic rings. The van der Waals surface area contributed by atoms with Crippen molar-refractivity contribution in [1.29, 1.82) is 0 Å². The quantitative estimate of drug-likeness (QED) is 0.657. The van der Waals surface area contributed by atoms with E-state index in [1.807, 2.05) is 25.6 Å². The molecule has 12 heavy (non-hydrogen) atoms. The van der Waals surface area contributed by atoms with Crippen LogP contribution < -0.4 is 0 Å². The van der Waals surface area contributed by atoms with E-state index >= 15 is 0 Å². The molecule has 0 aliphatic heterocycles. The maximum Gasteiger partial charge on any atom is 0.0180 e. The average Bonchev–Trinajstić information content (AvgIpc) is 2.16. The molecule has 0 heterocycles. The van der Waals surface area contributed by atoms with Crippen molar-refractivity contribution in [1.82, 2.24) is 4.90 Å². The molecule has 0 rings (SSSR count). The summed E-state index contributed by atoms with van der Waals surface area (Å²) in [6, 6.07) is 0.778. The molecule has 0 aromatic carbocycles. The molecule has 0 saturated carbocycles. The van der Waals surface area contributed by atoms with Crippen molar-refractivity contribution in [3.8, 4) is 0 Å². The Hall–Kier alpha value is 0.310. The van der Waals surface area contributed by atoms with Crippen molar-refractivity contribution in [2.75, 3.05) is 25.6 Å². The van der Waals surface area contributed by atoms with Crippen molar-refractivity contribution in [2.24, 2.45) is 0 Å². The zero-order chi connectivity index (χ0) is 9.98. The number of nitrogens with zero attached hydrogens (tertiary/aromatic N) is 1. The molecule has 2 heteroatoms. The van der Waals surface area contributed by atoms with Gasteiger partial charge in [-0.25, -0.2) is 0 Å². The summed E-state index contributed by atoms with van der Waals surface area (Å²) in [5.41, 5.74) is 0. The highest BCUT2D eigenvalue weighted by Gasteiger charge is 2.08. The van der Waals surface area contributed by atoms with Gasteiger partial charge in [0.2, 0.25) is 0 Å². The van der Waals surface area contributed by atoms with E-state index in [-0.39, 0.29) is 0 Å². The second kappa shape index (κ2) is 11.3. The first-order valence-electron chi connectivity index (χ1n) is 4.95. The van der Waals surface area contributed by atoms with Crippen LogP contribution in [0.4, 0.5) is 0 Å². The summed E-state index contributed by atoms with van der Waals surface area (Å²) in [4.78, 5) is 2.41. The molecule has 0 saturated heterocycles. The fourth-order valence-corrected chi connectivity index (χ4v) is 1.88. The Balaban J connectivity index is 0. The van der Waals surface area contributed by atoms with Gasteiger partial charge < -0.3 is 4.90 Å². The Morgan fingerprint density at radius 1 is 1.25 bits per heavy atom. The van der Waals surface area contributed by atoms with Gasteiger partial charge in [0.1, 0.15) is 0 Å². The Morgan fingerprint density at radius 2 is 1.75 bits per heavy atom. The normalized spacial score (nSPS) is 12.2. The summed E-state index contributed by atoms with van der Waals surface area (Å²) in [7, 11) is 2.20. The van der Waals surface area contributed by atoms with Crippen LogP contribution in [-0.2, 0) is 0 Å². The molecule has 0 fully saturated rings. The molecule has 1 unspecified atom stereocenters. The topological polar surface area (TPSA) is 3.24 Å². The van der Waals surface area contributed by atoms with E-state index in [9.17, 15) is 0 Å². The number of thioether (sulfide) groups is 1. The summed E-state index contributed by atoms with van der Waals surface area (Å²) < 4.78 is 0. The molecule has 0 aliphatic rings. The van der Waals surface area contributed by atoms with E-state index in [0.29, 0.717) is 0 Å². The SMILES string of the molecule is CC.CCC(CSC)N(C)CC. The number of hydrogen-bond donors (Lipinski definition) is 0. The van der Waals surface area contributed by atoms with Gasteiger partial charge in [-0.15, -0.1) is 0 Å². The highest BCUT2D eigenvalue weighted by molar-refractivity contribution is 7.98. The third-order valence-corrected chi connectivity index (χ3v) is 2.67. The molecule has 0 aliphatic carbocycles. The van der Waals surface area contributed by atoms with Gasteiger partial charge in [-0.1, -0.05) is 27.7 Å². The first-order valence-corrected chi connectivity index (χ1v) is 6.34. The summed E-state index contributed by atoms with van der Waals surface area (Å²) in [5, 5.41) is 0. The Kier molecular flexibility index (Phi) is 14.0. The zero-order valence-electron chi connectivity index (χ0n) is 9.55. The predicted molar refractivity (Wildman–Crippen MR) is 62.1 cm³/mol. The highest BCUT2D eigenvalue weighted by atomic mass is 32.2. The van der Waals surface area contributed by atoms with Gasteiger partial charge in [0.05, 0.1) is 0 Å².